The van der Waals surface area contributed by atoms with Gasteiger partial charge in [-0.1, -0.05) is 13.8 Å². The fourth-order valence-electron chi connectivity index (χ4n) is 1.64. The van der Waals surface area contributed by atoms with Crippen molar-refractivity contribution in [1.29, 1.82) is 0 Å². The van der Waals surface area contributed by atoms with Gasteiger partial charge < -0.3 is 10.4 Å². The van der Waals surface area contributed by atoms with Crippen molar-refractivity contribution < 1.29 is 9.90 Å². The molecule has 0 saturated carbocycles. The van der Waals surface area contributed by atoms with Gasteiger partial charge >= 0.3 is 0 Å². The molecule has 1 aliphatic rings. The highest BCUT2D eigenvalue weighted by molar-refractivity contribution is 5.78. The van der Waals surface area contributed by atoms with Crippen LogP contribution in [0.1, 0.15) is 26.7 Å². The largest absolute Gasteiger partial charge is 0.387 e. The number of hydrogen-bond donors (Lipinski definition) is 2. The first-order valence-corrected chi connectivity index (χ1v) is 5.31. The summed E-state index contributed by atoms with van der Waals surface area (Å²) in [4.78, 5) is 13.2. The van der Waals surface area contributed by atoms with Crippen LogP contribution in [0.5, 0.6) is 0 Å². The molecule has 14 heavy (non-hydrogen) atoms. The van der Waals surface area contributed by atoms with E-state index < -0.39 is 5.60 Å². The van der Waals surface area contributed by atoms with Gasteiger partial charge in [-0.3, -0.25) is 9.69 Å². The maximum absolute atomic E-state index is 11.3. The number of β-amino-alcohol motifs (C(OH)–C–C–N with tert-alkyl or cyclic N) is 1. The summed E-state index contributed by atoms with van der Waals surface area (Å²) in [5.74, 6) is 0.0602. The Kier molecular flexibility index (Phi) is 3.89. The summed E-state index contributed by atoms with van der Waals surface area (Å²) in [5, 5.41) is 12.5. The van der Waals surface area contributed by atoms with E-state index in [2.05, 4.69) is 5.32 Å². The Balaban J connectivity index is 2.13. The Morgan fingerprint density at radius 3 is 2.64 bits per heavy atom. The molecule has 0 unspecified atom stereocenters. The minimum absolute atomic E-state index is 0.0602. The van der Waals surface area contributed by atoms with Crippen LogP contribution in [-0.4, -0.2) is 47.7 Å². The van der Waals surface area contributed by atoms with E-state index in [-0.39, 0.29) is 5.91 Å². The van der Waals surface area contributed by atoms with Crippen molar-refractivity contribution in [2.45, 2.75) is 32.3 Å². The third-order valence-corrected chi connectivity index (χ3v) is 2.63. The Morgan fingerprint density at radius 2 is 2.14 bits per heavy atom. The molecule has 0 radical (unpaired) electrons. The summed E-state index contributed by atoms with van der Waals surface area (Å²) in [5.41, 5.74) is -0.537. The van der Waals surface area contributed by atoms with E-state index in [1.54, 1.807) is 0 Å². The number of nitrogens with one attached hydrogen (secondary N) is 1. The third kappa shape index (κ3) is 2.96. The number of rotatable bonds is 5. The minimum atomic E-state index is -0.537. The molecule has 1 rings (SSSR count). The fraction of sp³-hybridized carbons (Fsp3) is 0.900. The molecule has 1 fully saturated rings. The molecule has 0 atom stereocenters. The Labute approximate surface area is 85.3 Å². The number of amides is 1. The first-order valence-electron chi connectivity index (χ1n) is 5.31. The lowest BCUT2D eigenvalue weighted by atomic mass is 9.91. The standard InChI is InChI=1S/C10H20N2O2/c1-3-5-11-9(13)6-12-7-10(14,4-2)8-12/h14H,3-8H2,1-2H3,(H,11,13). The summed E-state index contributed by atoms with van der Waals surface area (Å²) >= 11 is 0. The van der Waals surface area contributed by atoms with E-state index in [0.29, 0.717) is 19.6 Å². The SMILES string of the molecule is CCCNC(=O)CN1CC(O)(CC)C1. The van der Waals surface area contributed by atoms with E-state index in [0.717, 1.165) is 19.4 Å². The predicted molar refractivity (Wildman–Crippen MR) is 55.0 cm³/mol. The van der Waals surface area contributed by atoms with Gasteiger partial charge in [-0.25, -0.2) is 0 Å². The summed E-state index contributed by atoms with van der Waals surface area (Å²) < 4.78 is 0. The van der Waals surface area contributed by atoms with Crippen LogP contribution in [0.25, 0.3) is 0 Å². The second kappa shape index (κ2) is 4.75. The van der Waals surface area contributed by atoms with Gasteiger partial charge in [-0.05, 0) is 12.8 Å². The van der Waals surface area contributed by atoms with E-state index in [9.17, 15) is 9.90 Å². The Hall–Kier alpha value is -0.610. The Bertz CT molecular complexity index is 200. The van der Waals surface area contributed by atoms with Gasteiger partial charge in [-0.15, -0.1) is 0 Å². The number of hydrogen-bond acceptors (Lipinski definition) is 3. The van der Waals surface area contributed by atoms with Gasteiger partial charge in [0, 0.05) is 19.6 Å². The van der Waals surface area contributed by atoms with Crippen LogP contribution in [0, 0.1) is 0 Å². The van der Waals surface area contributed by atoms with E-state index in [1.807, 2.05) is 18.7 Å². The van der Waals surface area contributed by atoms with Crippen LogP contribution < -0.4 is 5.32 Å². The molecule has 82 valence electrons. The lowest BCUT2D eigenvalue weighted by Gasteiger charge is -2.45. The van der Waals surface area contributed by atoms with E-state index in [4.69, 9.17) is 0 Å². The molecular formula is C10H20N2O2. The third-order valence-electron chi connectivity index (χ3n) is 2.63. The summed E-state index contributed by atoms with van der Waals surface area (Å²) in [6.07, 6.45) is 1.73. The molecule has 0 aromatic carbocycles. The molecule has 0 aromatic rings. The van der Waals surface area contributed by atoms with Crippen LogP contribution >= 0.6 is 0 Å². The lowest BCUT2D eigenvalue weighted by molar-refractivity contribution is -0.132. The smallest absolute Gasteiger partial charge is 0.234 e. The second-order valence-electron chi connectivity index (χ2n) is 4.07. The van der Waals surface area contributed by atoms with Crippen molar-refractivity contribution in [1.82, 2.24) is 10.2 Å². The van der Waals surface area contributed by atoms with Crippen LogP contribution in [-0.2, 0) is 4.79 Å². The highest BCUT2D eigenvalue weighted by Crippen LogP contribution is 2.23. The molecule has 1 saturated heterocycles. The first-order chi connectivity index (χ1) is 6.59. The molecule has 0 aromatic heterocycles. The lowest BCUT2D eigenvalue weighted by Crippen LogP contribution is -2.63. The summed E-state index contributed by atoms with van der Waals surface area (Å²) in [7, 11) is 0. The van der Waals surface area contributed by atoms with Gasteiger partial charge in [-0.2, -0.15) is 0 Å². The molecule has 1 heterocycles. The van der Waals surface area contributed by atoms with Crippen molar-refractivity contribution >= 4 is 5.91 Å². The molecule has 1 amide bonds. The number of carbonyl (C=O) groups excluding carboxylic acids is 1. The zero-order valence-corrected chi connectivity index (χ0v) is 9.05. The highest BCUT2D eigenvalue weighted by atomic mass is 16.3. The van der Waals surface area contributed by atoms with Crippen molar-refractivity contribution in [3.63, 3.8) is 0 Å². The van der Waals surface area contributed by atoms with Crippen LogP contribution in [0.3, 0.4) is 0 Å². The normalized spacial score (nSPS) is 20.2. The van der Waals surface area contributed by atoms with Gasteiger partial charge in [0.2, 0.25) is 5.91 Å². The summed E-state index contributed by atoms with van der Waals surface area (Å²) in [6.45, 7) is 6.41. The molecule has 4 nitrogen and oxygen atoms in total. The van der Waals surface area contributed by atoms with Gasteiger partial charge in [0.05, 0.1) is 12.1 Å². The van der Waals surface area contributed by atoms with Crippen molar-refractivity contribution in [3.05, 3.63) is 0 Å². The van der Waals surface area contributed by atoms with E-state index >= 15 is 0 Å². The number of carbonyl (C=O) groups is 1. The van der Waals surface area contributed by atoms with Gasteiger partial charge in [0.1, 0.15) is 0 Å². The zero-order chi connectivity index (χ0) is 10.6. The van der Waals surface area contributed by atoms with Crippen molar-refractivity contribution in [3.8, 4) is 0 Å². The minimum Gasteiger partial charge on any atom is -0.387 e. The topological polar surface area (TPSA) is 52.6 Å². The fourth-order valence-corrected chi connectivity index (χ4v) is 1.64. The number of nitrogens with zero attached hydrogens (tertiary/aromatic N) is 1. The predicted octanol–water partition coefficient (Wildman–Crippen LogP) is -0.0307. The highest BCUT2D eigenvalue weighted by Gasteiger charge is 2.39. The van der Waals surface area contributed by atoms with E-state index in [1.165, 1.54) is 0 Å². The molecule has 4 heteroatoms. The Morgan fingerprint density at radius 1 is 1.50 bits per heavy atom. The van der Waals surface area contributed by atoms with Crippen molar-refractivity contribution in [2.75, 3.05) is 26.2 Å². The van der Waals surface area contributed by atoms with Crippen LogP contribution in [0.2, 0.25) is 0 Å². The van der Waals surface area contributed by atoms with Gasteiger partial charge in [0.15, 0.2) is 0 Å². The maximum atomic E-state index is 11.3. The molecule has 0 spiro atoms. The molecule has 1 aliphatic heterocycles. The van der Waals surface area contributed by atoms with Crippen molar-refractivity contribution in [2.24, 2.45) is 0 Å². The average Bonchev–Trinajstić information content (AvgIpc) is 2.12. The molecule has 0 bridgehead atoms. The second-order valence-corrected chi connectivity index (χ2v) is 4.07. The monoisotopic (exact) mass is 200 g/mol. The van der Waals surface area contributed by atoms with Crippen LogP contribution in [0.15, 0.2) is 0 Å². The quantitative estimate of drug-likeness (QED) is 0.655. The first kappa shape index (κ1) is 11.5. The molecular weight excluding hydrogens is 180 g/mol. The molecule has 2 N–H and O–H groups in total. The number of aliphatic hydroxyl groups is 1. The van der Waals surface area contributed by atoms with Crippen LogP contribution in [0.4, 0.5) is 0 Å². The molecule has 0 aliphatic carbocycles. The number of likely N-dealkylation sites (tertiary alicyclic amines) is 1. The summed E-state index contributed by atoms with van der Waals surface area (Å²) in [6, 6.07) is 0. The average molecular weight is 200 g/mol. The maximum Gasteiger partial charge on any atom is 0.234 e. The van der Waals surface area contributed by atoms with Gasteiger partial charge in [0.25, 0.3) is 0 Å². The zero-order valence-electron chi connectivity index (χ0n) is 9.05.